The molecule has 0 aliphatic carbocycles. The first kappa shape index (κ1) is 30.9. The Bertz CT molecular complexity index is 891. The average Bonchev–Trinajstić information content (AvgIpc) is 2.68. The highest BCUT2D eigenvalue weighted by atomic mass is 16.6. The Balaban J connectivity index is 3.06. The molecule has 0 bridgehead atoms. The molecule has 1 rings (SSSR count). The third kappa shape index (κ3) is 13.1. The Labute approximate surface area is 214 Å². The van der Waals surface area contributed by atoms with Gasteiger partial charge in [0.2, 0.25) is 0 Å². The fourth-order valence-electron chi connectivity index (χ4n) is 2.94. The summed E-state index contributed by atoms with van der Waals surface area (Å²) in [5.74, 6) is -3.58. The summed E-state index contributed by atoms with van der Waals surface area (Å²) in [4.78, 5) is 51.0. The number of esters is 3. The van der Waals surface area contributed by atoms with Gasteiger partial charge in [0.15, 0.2) is 5.92 Å². The maximum Gasteiger partial charge on any atom is 0.408 e. The molecule has 0 heterocycles. The predicted molar refractivity (Wildman–Crippen MR) is 134 cm³/mol. The van der Waals surface area contributed by atoms with E-state index in [1.807, 2.05) is 18.2 Å². The van der Waals surface area contributed by atoms with E-state index in [1.54, 1.807) is 74.4 Å². The molecule has 0 saturated carbocycles. The Morgan fingerprint density at radius 3 is 1.69 bits per heavy atom. The van der Waals surface area contributed by atoms with E-state index in [0.717, 1.165) is 5.56 Å². The second-order valence-corrected chi connectivity index (χ2v) is 11.5. The minimum Gasteiger partial charge on any atom is -0.460 e. The number of amides is 1. The molecule has 0 aliphatic heterocycles. The van der Waals surface area contributed by atoms with Crippen molar-refractivity contribution in [1.29, 1.82) is 0 Å². The van der Waals surface area contributed by atoms with Crippen LogP contribution in [-0.2, 0) is 39.9 Å². The molecule has 9 nitrogen and oxygen atoms in total. The number of carbonyl (C=O) groups excluding carboxylic acids is 4. The summed E-state index contributed by atoms with van der Waals surface area (Å²) < 4.78 is 21.5. The van der Waals surface area contributed by atoms with Gasteiger partial charge in [-0.25, -0.2) is 9.59 Å². The fourth-order valence-corrected chi connectivity index (χ4v) is 2.94. The molecule has 2 atom stereocenters. The average molecular weight is 508 g/mol. The standard InChI is InChI=1S/C27H41NO8/c1-25(2,3)34-22(30)19(21(29)33-17-18-13-11-10-12-14-18)15-16-20(23(31)35-26(4,5)6)28-24(32)36-27(7,8)9/h10-14,19-20H,15-17H2,1-9H3,(H,28,32)/t19-,20?/m0/s1. The summed E-state index contributed by atoms with van der Waals surface area (Å²) in [6.45, 7) is 15.2. The first-order valence-electron chi connectivity index (χ1n) is 12.0. The SMILES string of the molecule is CC(C)(C)OC(=O)NC(CC[C@@H](C(=O)OCc1ccccc1)C(=O)OC(C)(C)C)C(=O)OC(C)(C)C. The van der Waals surface area contributed by atoms with Crippen molar-refractivity contribution in [2.24, 2.45) is 5.92 Å². The normalized spacial score (nSPS) is 13.7. The smallest absolute Gasteiger partial charge is 0.408 e. The molecule has 9 heteroatoms. The summed E-state index contributed by atoms with van der Waals surface area (Å²) >= 11 is 0. The van der Waals surface area contributed by atoms with Crippen molar-refractivity contribution in [3.8, 4) is 0 Å². The zero-order valence-corrected chi connectivity index (χ0v) is 22.9. The molecular weight excluding hydrogens is 466 g/mol. The molecule has 36 heavy (non-hydrogen) atoms. The lowest BCUT2D eigenvalue weighted by Crippen LogP contribution is -2.46. The Hall–Kier alpha value is -3.10. The minimum absolute atomic E-state index is 0.0232. The summed E-state index contributed by atoms with van der Waals surface area (Å²) in [5, 5.41) is 2.50. The molecule has 202 valence electrons. The van der Waals surface area contributed by atoms with Crippen LogP contribution in [0.2, 0.25) is 0 Å². The number of benzene rings is 1. The van der Waals surface area contributed by atoms with Gasteiger partial charge in [-0.2, -0.15) is 0 Å². The largest absolute Gasteiger partial charge is 0.460 e. The molecule has 0 fully saturated rings. The van der Waals surface area contributed by atoms with Crippen molar-refractivity contribution < 1.29 is 38.1 Å². The van der Waals surface area contributed by atoms with Crippen LogP contribution in [0.5, 0.6) is 0 Å². The van der Waals surface area contributed by atoms with Crippen molar-refractivity contribution in [3.05, 3.63) is 35.9 Å². The second kappa shape index (κ2) is 12.7. The highest BCUT2D eigenvalue weighted by Gasteiger charge is 2.36. The first-order valence-corrected chi connectivity index (χ1v) is 12.0. The summed E-state index contributed by atoms with van der Waals surface area (Å²) in [5.41, 5.74) is -1.69. The molecule has 0 aliphatic rings. The van der Waals surface area contributed by atoms with Crippen LogP contribution in [0.3, 0.4) is 0 Å². The second-order valence-electron chi connectivity index (χ2n) is 11.5. The molecule has 0 saturated heterocycles. The molecule has 0 radical (unpaired) electrons. The molecule has 1 aromatic rings. The first-order chi connectivity index (χ1) is 16.4. The van der Waals surface area contributed by atoms with E-state index in [1.165, 1.54) is 0 Å². The van der Waals surface area contributed by atoms with Gasteiger partial charge in [0.1, 0.15) is 29.5 Å². The van der Waals surface area contributed by atoms with Crippen LogP contribution in [0.25, 0.3) is 0 Å². The number of ether oxygens (including phenoxy) is 4. The van der Waals surface area contributed by atoms with Crippen LogP contribution in [0.1, 0.15) is 80.7 Å². The summed E-state index contributed by atoms with van der Waals surface area (Å²) in [6.07, 6.45) is -1.03. The lowest BCUT2D eigenvalue weighted by molar-refractivity contribution is -0.171. The van der Waals surface area contributed by atoms with Gasteiger partial charge in [-0.15, -0.1) is 0 Å². The van der Waals surface area contributed by atoms with Crippen LogP contribution in [0, 0.1) is 5.92 Å². The van der Waals surface area contributed by atoms with Crippen LogP contribution in [0.4, 0.5) is 4.79 Å². The van der Waals surface area contributed by atoms with Crippen LogP contribution in [0.15, 0.2) is 30.3 Å². The molecule has 0 spiro atoms. The summed E-state index contributed by atoms with van der Waals surface area (Å²) in [6, 6.07) is 7.87. The van der Waals surface area contributed by atoms with Crippen molar-refractivity contribution in [2.75, 3.05) is 0 Å². The molecule has 1 aromatic carbocycles. The quantitative estimate of drug-likeness (QED) is 0.290. The highest BCUT2D eigenvalue weighted by Crippen LogP contribution is 2.20. The van der Waals surface area contributed by atoms with Crippen molar-refractivity contribution in [1.82, 2.24) is 5.32 Å². The van der Waals surface area contributed by atoms with E-state index in [4.69, 9.17) is 18.9 Å². The van der Waals surface area contributed by atoms with Gasteiger partial charge in [0.25, 0.3) is 0 Å². The van der Waals surface area contributed by atoms with Gasteiger partial charge in [-0.1, -0.05) is 30.3 Å². The lowest BCUT2D eigenvalue weighted by atomic mass is 9.99. The van der Waals surface area contributed by atoms with E-state index in [-0.39, 0.29) is 19.4 Å². The highest BCUT2D eigenvalue weighted by molar-refractivity contribution is 5.95. The molecule has 0 aromatic heterocycles. The Morgan fingerprint density at radius 2 is 1.19 bits per heavy atom. The number of hydrogen-bond acceptors (Lipinski definition) is 8. The van der Waals surface area contributed by atoms with E-state index in [2.05, 4.69) is 5.32 Å². The van der Waals surface area contributed by atoms with Crippen LogP contribution < -0.4 is 5.32 Å². The number of rotatable bonds is 9. The number of carbonyl (C=O) groups is 4. The Kier molecular flexibility index (Phi) is 10.9. The zero-order valence-electron chi connectivity index (χ0n) is 22.9. The third-order valence-corrected chi connectivity index (χ3v) is 4.33. The Morgan fingerprint density at radius 1 is 0.694 bits per heavy atom. The summed E-state index contributed by atoms with van der Waals surface area (Å²) in [7, 11) is 0. The van der Waals surface area contributed by atoms with Gasteiger partial charge < -0.3 is 24.3 Å². The van der Waals surface area contributed by atoms with Crippen LogP contribution >= 0.6 is 0 Å². The van der Waals surface area contributed by atoms with Gasteiger partial charge in [0.05, 0.1) is 0 Å². The lowest BCUT2D eigenvalue weighted by Gasteiger charge is -2.27. The van der Waals surface area contributed by atoms with E-state index in [9.17, 15) is 19.2 Å². The topological polar surface area (TPSA) is 117 Å². The van der Waals surface area contributed by atoms with E-state index >= 15 is 0 Å². The monoisotopic (exact) mass is 507 g/mol. The van der Waals surface area contributed by atoms with E-state index in [0.29, 0.717) is 0 Å². The predicted octanol–water partition coefficient (Wildman–Crippen LogP) is 4.70. The van der Waals surface area contributed by atoms with Gasteiger partial charge in [0, 0.05) is 0 Å². The molecule has 1 N–H and O–H groups in total. The third-order valence-electron chi connectivity index (χ3n) is 4.33. The zero-order chi connectivity index (χ0) is 27.7. The van der Waals surface area contributed by atoms with Gasteiger partial charge in [-0.3, -0.25) is 9.59 Å². The van der Waals surface area contributed by atoms with Gasteiger partial charge >= 0.3 is 24.0 Å². The maximum absolute atomic E-state index is 12.9. The molecule has 1 unspecified atom stereocenters. The van der Waals surface area contributed by atoms with Crippen LogP contribution in [-0.4, -0.2) is 46.8 Å². The van der Waals surface area contributed by atoms with E-state index < -0.39 is 52.8 Å². The van der Waals surface area contributed by atoms with Crippen molar-refractivity contribution in [2.45, 2.75) is 105 Å². The van der Waals surface area contributed by atoms with Crippen molar-refractivity contribution >= 4 is 24.0 Å². The van der Waals surface area contributed by atoms with Gasteiger partial charge in [-0.05, 0) is 80.7 Å². The fraction of sp³-hybridized carbons (Fsp3) is 0.630. The molecule has 1 amide bonds. The number of hydrogen-bond donors (Lipinski definition) is 1. The maximum atomic E-state index is 12.9. The number of alkyl carbamates (subject to hydrolysis) is 1. The van der Waals surface area contributed by atoms with Crippen molar-refractivity contribution in [3.63, 3.8) is 0 Å². The number of nitrogens with one attached hydrogen (secondary N) is 1. The minimum atomic E-state index is -1.31. The molecular formula is C27H41NO8.